The lowest BCUT2D eigenvalue weighted by atomic mass is 9.93. The predicted molar refractivity (Wildman–Crippen MR) is 169 cm³/mol. The zero-order valence-electron chi connectivity index (χ0n) is 26.0. The molecule has 0 aliphatic carbocycles. The molecular weight excluding hydrogens is 635 g/mol. The number of nitrogens with one attached hydrogen (secondary N) is 2. The third-order valence-electron chi connectivity index (χ3n) is 7.74. The van der Waals surface area contributed by atoms with E-state index in [1.54, 1.807) is 49.5 Å². The van der Waals surface area contributed by atoms with Crippen LogP contribution < -0.4 is 15.4 Å². The number of anilines is 3. The number of carbonyl (C=O) groups excluding carboxylic acids is 1. The van der Waals surface area contributed by atoms with Gasteiger partial charge in [0.25, 0.3) is 0 Å². The first kappa shape index (κ1) is 32.7. The number of halogens is 5. The van der Waals surface area contributed by atoms with Gasteiger partial charge in [0.1, 0.15) is 34.7 Å². The molecule has 5 aromatic rings. The highest BCUT2D eigenvalue weighted by Gasteiger charge is 2.37. The number of likely N-dealkylation sites (tertiary alicyclic amines) is 1. The molecule has 10 nitrogen and oxygen atoms in total. The fourth-order valence-electron chi connectivity index (χ4n) is 5.72. The summed E-state index contributed by atoms with van der Waals surface area (Å²) < 4.78 is 75.4. The van der Waals surface area contributed by atoms with Crippen molar-refractivity contribution in [2.24, 2.45) is 5.92 Å². The second-order valence-corrected chi connectivity index (χ2v) is 11.5. The van der Waals surface area contributed by atoms with E-state index in [1.807, 2.05) is 0 Å². The van der Waals surface area contributed by atoms with Gasteiger partial charge >= 0.3 is 6.18 Å². The van der Waals surface area contributed by atoms with Crippen LogP contribution in [-0.4, -0.2) is 68.0 Å². The number of ether oxygens (including phenoxy) is 1. The first-order valence-electron chi connectivity index (χ1n) is 15.2. The molecule has 0 atom stereocenters. The van der Waals surface area contributed by atoms with Crippen LogP contribution in [0.4, 0.5) is 39.3 Å². The molecule has 48 heavy (non-hydrogen) atoms. The molecule has 0 saturated carbocycles. The Labute approximate surface area is 272 Å². The highest BCUT2D eigenvalue weighted by Crippen LogP contribution is 2.32. The maximum Gasteiger partial charge on any atom is 0.401 e. The Morgan fingerprint density at radius 3 is 2.52 bits per heavy atom. The summed E-state index contributed by atoms with van der Waals surface area (Å²) in [4.78, 5) is 26.4. The Hall–Kier alpha value is -5.18. The molecule has 1 aliphatic rings. The summed E-state index contributed by atoms with van der Waals surface area (Å²) in [5, 5.41) is 11.2. The van der Waals surface area contributed by atoms with E-state index in [0.717, 1.165) is 12.1 Å². The average Bonchev–Trinajstić information content (AvgIpc) is 3.36. The Kier molecular flexibility index (Phi) is 9.22. The maximum absolute atomic E-state index is 15.0. The Bertz CT molecular complexity index is 1940. The number of nitrogens with zero attached hydrogens (tertiary/aromatic N) is 6. The molecule has 1 saturated heterocycles. The molecule has 0 bridgehead atoms. The summed E-state index contributed by atoms with van der Waals surface area (Å²) in [7, 11) is 0. The molecule has 15 heteroatoms. The standard InChI is InChI=1S/C33H31F5N8O2/c1-3-48-23-12-26(34)25(27(35)13-23)17-46-28-7-5-4-6-24(28)30(44-46)32-40-14-21(10-20-15-45(16-20)18-33(36,37)38)31(43-32)42-22-8-9-39-29(11-22)41-19(2)47/h4-9,11-14,20H,3,10,15-18H2,1-2H3,(H2,39,40,41,42,43,47). The van der Waals surface area contributed by atoms with Crippen molar-refractivity contribution in [3.8, 4) is 17.3 Å². The van der Waals surface area contributed by atoms with E-state index in [-0.39, 0.29) is 55.2 Å². The summed E-state index contributed by atoms with van der Waals surface area (Å²) in [6.45, 7) is 2.71. The van der Waals surface area contributed by atoms with Gasteiger partial charge < -0.3 is 15.4 Å². The van der Waals surface area contributed by atoms with E-state index in [2.05, 4.69) is 25.7 Å². The van der Waals surface area contributed by atoms with Gasteiger partial charge in [0.15, 0.2) is 5.82 Å². The van der Waals surface area contributed by atoms with Crippen LogP contribution in [0, 0.1) is 17.6 Å². The van der Waals surface area contributed by atoms with Crippen LogP contribution in [0.1, 0.15) is 25.0 Å². The van der Waals surface area contributed by atoms with Crippen molar-refractivity contribution in [2.45, 2.75) is 33.0 Å². The summed E-state index contributed by atoms with van der Waals surface area (Å²) in [5.74, 6) is -0.893. The molecule has 2 aromatic carbocycles. The second-order valence-electron chi connectivity index (χ2n) is 11.5. The van der Waals surface area contributed by atoms with Crippen molar-refractivity contribution in [2.75, 3.05) is 36.9 Å². The van der Waals surface area contributed by atoms with Gasteiger partial charge in [0.05, 0.1) is 25.2 Å². The van der Waals surface area contributed by atoms with Crippen LogP contribution in [0.5, 0.6) is 5.75 Å². The van der Waals surface area contributed by atoms with Gasteiger partial charge in [-0.05, 0) is 31.4 Å². The van der Waals surface area contributed by atoms with Crippen LogP contribution in [0.25, 0.3) is 22.4 Å². The van der Waals surface area contributed by atoms with Crippen molar-refractivity contribution in [1.29, 1.82) is 0 Å². The number of para-hydroxylation sites is 1. The number of hydrogen-bond donors (Lipinski definition) is 2. The summed E-state index contributed by atoms with van der Waals surface area (Å²) in [6, 6.07) is 12.7. The highest BCUT2D eigenvalue weighted by atomic mass is 19.4. The smallest absolute Gasteiger partial charge is 0.401 e. The molecule has 0 unspecified atom stereocenters. The molecule has 1 aliphatic heterocycles. The maximum atomic E-state index is 15.0. The van der Waals surface area contributed by atoms with Crippen molar-refractivity contribution in [3.63, 3.8) is 0 Å². The quantitative estimate of drug-likeness (QED) is 0.157. The van der Waals surface area contributed by atoms with Crippen LogP contribution in [0.2, 0.25) is 0 Å². The first-order valence-corrected chi connectivity index (χ1v) is 15.2. The third-order valence-corrected chi connectivity index (χ3v) is 7.74. The number of alkyl halides is 3. The number of fused-ring (bicyclic) bond motifs is 1. The molecule has 1 amide bonds. The number of carbonyl (C=O) groups is 1. The molecule has 250 valence electrons. The third kappa shape index (κ3) is 7.51. The van der Waals surface area contributed by atoms with Crippen molar-refractivity contribution < 1.29 is 31.5 Å². The molecule has 2 N–H and O–H groups in total. The molecule has 6 rings (SSSR count). The summed E-state index contributed by atoms with van der Waals surface area (Å²) in [6.07, 6.45) is -0.755. The lowest BCUT2D eigenvalue weighted by Crippen LogP contribution is -2.51. The van der Waals surface area contributed by atoms with Gasteiger partial charge in [-0.1, -0.05) is 18.2 Å². The zero-order valence-corrected chi connectivity index (χ0v) is 26.0. The van der Waals surface area contributed by atoms with Crippen molar-refractivity contribution in [3.05, 3.63) is 83.7 Å². The lowest BCUT2D eigenvalue weighted by Gasteiger charge is -2.39. The topological polar surface area (TPSA) is 110 Å². The van der Waals surface area contributed by atoms with Crippen molar-refractivity contribution >= 4 is 34.1 Å². The van der Waals surface area contributed by atoms with Gasteiger partial charge in [-0.25, -0.2) is 23.7 Å². The van der Waals surface area contributed by atoms with Gasteiger partial charge in [-0.3, -0.25) is 14.4 Å². The first-order chi connectivity index (χ1) is 23.0. The molecule has 0 radical (unpaired) electrons. The molecule has 0 spiro atoms. The highest BCUT2D eigenvalue weighted by molar-refractivity contribution is 5.92. The van der Waals surface area contributed by atoms with Crippen LogP contribution in [0.15, 0.2) is 60.9 Å². The van der Waals surface area contributed by atoms with Crippen LogP contribution in [0.3, 0.4) is 0 Å². The SMILES string of the molecule is CCOc1cc(F)c(Cn2nc(-c3ncc(CC4CN(CC(F)(F)F)C4)c(Nc4ccnc(NC(C)=O)c4)n3)c3ccccc32)c(F)c1. The Balaban J connectivity index is 1.35. The fraction of sp³-hybridized carbons (Fsp3) is 0.303. The fourth-order valence-corrected chi connectivity index (χ4v) is 5.72. The van der Waals surface area contributed by atoms with Gasteiger partial charge in [0, 0.05) is 72.8 Å². The Morgan fingerprint density at radius 1 is 1.06 bits per heavy atom. The summed E-state index contributed by atoms with van der Waals surface area (Å²) >= 11 is 0. The van der Waals surface area contributed by atoms with Gasteiger partial charge in [-0.15, -0.1) is 0 Å². The number of benzene rings is 2. The number of hydrogen-bond acceptors (Lipinski definition) is 8. The van der Waals surface area contributed by atoms with Crippen LogP contribution >= 0.6 is 0 Å². The van der Waals surface area contributed by atoms with E-state index >= 15 is 8.78 Å². The molecule has 1 fully saturated rings. The monoisotopic (exact) mass is 666 g/mol. The number of amides is 1. The zero-order chi connectivity index (χ0) is 34.0. The molecular formula is C33H31F5N8O2. The second kappa shape index (κ2) is 13.5. The number of aromatic nitrogens is 5. The van der Waals surface area contributed by atoms with Crippen LogP contribution in [-0.2, 0) is 17.8 Å². The van der Waals surface area contributed by atoms with E-state index < -0.39 is 24.4 Å². The minimum Gasteiger partial charge on any atom is -0.494 e. The molecule has 3 aromatic heterocycles. The summed E-state index contributed by atoms with van der Waals surface area (Å²) in [5.41, 5.74) is 1.97. The number of rotatable bonds is 11. The van der Waals surface area contributed by atoms with E-state index in [9.17, 15) is 18.0 Å². The Morgan fingerprint density at radius 2 is 1.81 bits per heavy atom. The largest absolute Gasteiger partial charge is 0.494 e. The average molecular weight is 667 g/mol. The van der Waals surface area contributed by atoms with E-state index in [1.165, 1.54) is 22.7 Å². The van der Waals surface area contributed by atoms with Gasteiger partial charge in [-0.2, -0.15) is 18.3 Å². The minimum atomic E-state index is -4.27. The van der Waals surface area contributed by atoms with E-state index in [4.69, 9.17) is 9.72 Å². The van der Waals surface area contributed by atoms with Gasteiger partial charge in [0.2, 0.25) is 5.91 Å². The van der Waals surface area contributed by atoms with E-state index in [0.29, 0.717) is 45.9 Å². The minimum absolute atomic E-state index is 0.0475. The molecule has 4 heterocycles. The predicted octanol–water partition coefficient (Wildman–Crippen LogP) is 6.35. The normalized spacial score (nSPS) is 13.8. The number of pyridine rings is 1. The lowest BCUT2D eigenvalue weighted by molar-refractivity contribution is -0.158. The van der Waals surface area contributed by atoms with Crippen molar-refractivity contribution in [1.82, 2.24) is 29.6 Å².